The number of halogens is 1. The summed E-state index contributed by atoms with van der Waals surface area (Å²) < 4.78 is 17.4. The average molecular weight is 348 g/mol. The Balaban J connectivity index is 2.69. The zero-order chi connectivity index (χ0) is 14.4. The molecule has 1 aromatic carbocycles. The molecular formula is C13H18BrNO3S. The molecule has 0 saturated carbocycles. The molecule has 0 heterocycles. The van der Waals surface area contributed by atoms with Crippen molar-refractivity contribution in [2.24, 2.45) is 0 Å². The van der Waals surface area contributed by atoms with Crippen LogP contribution in [-0.4, -0.2) is 28.2 Å². The molecule has 1 N–H and O–H groups in total. The summed E-state index contributed by atoms with van der Waals surface area (Å²) in [5, 5.41) is 2.77. The van der Waals surface area contributed by atoms with Crippen LogP contribution in [0.1, 0.15) is 20.3 Å². The van der Waals surface area contributed by atoms with E-state index in [2.05, 4.69) is 21.2 Å². The molecule has 0 saturated heterocycles. The summed E-state index contributed by atoms with van der Waals surface area (Å²) in [5.74, 6) is 0.914. The maximum Gasteiger partial charge on any atom is 0.225 e. The van der Waals surface area contributed by atoms with Crippen molar-refractivity contribution in [3.63, 3.8) is 0 Å². The van der Waals surface area contributed by atoms with Gasteiger partial charge < -0.3 is 10.1 Å². The predicted molar refractivity (Wildman–Crippen MR) is 82.1 cm³/mol. The zero-order valence-corrected chi connectivity index (χ0v) is 13.6. The van der Waals surface area contributed by atoms with E-state index in [1.807, 2.05) is 19.9 Å². The van der Waals surface area contributed by atoms with Crippen LogP contribution in [0.3, 0.4) is 0 Å². The first-order chi connectivity index (χ1) is 8.86. The molecule has 0 fully saturated rings. The molecule has 1 rings (SSSR count). The number of hydrogen-bond donors (Lipinski definition) is 1. The van der Waals surface area contributed by atoms with Gasteiger partial charge in [0.05, 0.1) is 6.10 Å². The number of amides is 1. The highest BCUT2D eigenvalue weighted by Gasteiger charge is 2.07. The van der Waals surface area contributed by atoms with Gasteiger partial charge in [0.2, 0.25) is 5.91 Å². The molecule has 0 unspecified atom stereocenters. The van der Waals surface area contributed by atoms with E-state index in [1.54, 1.807) is 18.4 Å². The smallest absolute Gasteiger partial charge is 0.225 e. The van der Waals surface area contributed by atoms with E-state index >= 15 is 0 Å². The van der Waals surface area contributed by atoms with Crippen molar-refractivity contribution in [1.82, 2.24) is 0 Å². The Labute approximate surface area is 124 Å². The third kappa shape index (κ3) is 6.73. The lowest BCUT2D eigenvalue weighted by molar-refractivity contribution is -0.115. The molecule has 6 heteroatoms. The molecule has 19 heavy (non-hydrogen) atoms. The SMILES string of the molecule is CC(C)Oc1cc(Br)cc(NC(=O)CC[S@@](C)=O)c1. The van der Waals surface area contributed by atoms with Gasteiger partial charge in [0.25, 0.3) is 0 Å². The molecule has 0 aliphatic carbocycles. The fourth-order valence-corrected chi connectivity index (χ4v) is 2.38. The summed E-state index contributed by atoms with van der Waals surface area (Å²) in [4.78, 5) is 11.7. The van der Waals surface area contributed by atoms with Crippen LogP contribution in [0.4, 0.5) is 5.69 Å². The summed E-state index contributed by atoms with van der Waals surface area (Å²) in [5.41, 5.74) is 0.664. The van der Waals surface area contributed by atoms with E-state index < -0.39 is 10.8 Å². The van der Waals surface area contributed by atoms with Crippen LogP contribution in [0, 0.1) is 0 Å². The highest BCUT2D eigenvalue weighted by molar-refractivity contribution is 9.10. The summed E-state index contributed by atoms with van der Waals surface area (Å²) >= 11 is 3.38. The second kappa shape index (κ2) is 7.65. The van der Waals surface area contributed by atoms with Crippen LogP contribution in [-0.2, 0) is 15.6 Å². The van der Waals surface area contributed by atoms with Gasteiger partial charge in [-0.15, -0.1) is 0 Å². The number of benzene rings is 1. The molecule has 0 aliphatic heterocycles. The van der Waals surface area contributed by atoms with Gasteiger partial charge in [-0.05, 0) is 26.0 Å². The van der Waals surface area contributed by atoms with Crippen LogP contribution >= 0.6 is 15.9 Å². The standard InChI is InChI=1S/C13H18BrNO3S/c1-9(2)18-12-7-10(14)6-11(8-12)15-13(16)4-5-19(3)17/h6-9H,4-5H2,1-3H3,(H,15,16)/t19-/m1/s1. The fraction of sp³-hybridized carbons (Fsp3) is 0.462. The fourth-order valence-electron chi connectivity index (χ4n) is 1.44. The second-order valence-electron chi connectivity index (χ2n) is 4.42. The number of ether oxygens (including phenoxy) is 1. The molecule has 1 atom stereocenters. The van der Waals surface area contributed by atoms with E-state index in [4.69, 9.17) is 4.74 Å². The molecule has 0 spiro atoms. The number of hydrogen-bond acceptors (Lipinski definition) is 3. The third-order valence-corrected chi connectivity index (χ3v) is 3.38. The topological polar surface area (TPSA) is 55.4 Å². The van der Waals surface area contributed by atoms with Gasteiger partial charge in [-0.2, -0.15) is 0 Å². The predicted octanol–water partition coefficient (Wildman–Crippen LogP) is 2.94. The largest absolute Gasteiger partial charge is 0.491 e. The maximum absolute atomic E-state index is 11.7. The van der Waals surface area contributed by atoms with E-state index in [-0.39, 0.29) is 18.4 Å². The first-order valence-electron chi connectivity index (χ1n) is 5.94. The van der Waals surface area contributed by atoms with Gasteiger partial charge in [-0.25, -0.2) is 0 Å². The maximum atomic E-state index is 11.7. The van der Waals surface area contributed by atoms with Gasteiger partial charge in [-0.3, -0.25) is 9.00 Å². The molecule has 106 valence electrons. The Morgan fingerprint density at radius 1 is 1.42 bits per heavy atom. The molecule has 0 aromatic heterocycles. The highest BCUT2D eigenvalue weighted by Crippen LogP contribution is 2.25. The van der Waals surface area contributed by atoms with E-state index in [9.17, 15) is 9.00 Å². The minimum atomic E-state index is -0.956. The Morgan fingerprint density at radius 2 is 2.11 bits per heavy atom. The molecule has 4 nitrogen and oxygen atoms in total. The third-order valence-electron chi connectivity index (χ3n) is 2.14. The summed E-state index contributed by atoms with van der Waals surface area (Å²) in [6.45, 7) is 3.88. The molecule has 1 amide bonds. The van der Waals surface area contributed by atoms with Crippen molar-refractivity contribution >= 4 is 38.3 Å². The highest BCUT2D eigenvalue weighted by atomic mass is 79.9. The summed E-state index contributed by atoms with van der Waals surface area (Å²) in [7, 11) is -0.956. The minimum absolute atomic E-state index is 0.0698. The van der Waals surface area contributed by atoms with Gasteiger partial charge in [-0.1, -0.05) is 15.9 Å². The van der Waals surface area contributed by atoms with E-state index in [0.29, 0.717) is 17.2 Å². The first-order valence-corrected chi connectivity index (χ1v) is 8.46. The Bertz CT molecular complexity index is 477. The average Bonchev–Trinajstić information content (AvgIpc) is 2.24. The van der Waals surface area contributed by atoms with Crippen LogP contribution in [0.15, 0.2) is 22.7 Å². The number of anilines is 1. The van der Waals surface area contributed by atoms with Crippen molar-refractivity contribution in [3.05, 3.63) is 22.7 Å². The normalized spacial score (nSPS) is 12.3. The van der Waals surface area contributed by atoms with Crippen molar-refractivity contribution in [3.8, 4) is 5.75 Å². The lowest BCUT2D eigenvalue weighted by atomic mass is 10.3. The van der Waals surface area contributed by atoms with Crippen LogP contribution in [0.2, 0.25) is 0 Å². The van der Waals surface area contributed by atoms with E-state index in [0.717, 1.165) is 4.47 Å². The Kier molecular flexibility index (Phi) is 6.51. The van der Waals surface area contributed by atoms with Gasteiger partial charge in [0.15, 0.2) is 0 Å². The van der Waals surface area contributed by atoms with Crippen LogP contribution in [0.5, 0.6) is 5.75 Å². The number of carbonyl (C=O) groups is 1. The van der Waals surface area contributed by atoms with Crippen molar-refractivity contribution in [2.45, 2.75) is 26.4 Å². The minimum Gasteiger partial charge on any atom is -0.491 e. The molecule has 0 aliphatic rings. The van der Waals surface area contributed by atoms with Crippen molar-refractivity contribution in [1.29, 1.82) is 0 Å². The number of rotatable bonds is 6. The number of nitrogens with one attached hydrogen (secondary N) is 1. The molecular weight excluding hydrogens is 330 g/mol. The van der Waals surface area contributed by atoms with Gasteiger partial charge in [0, 0.05) is 45.5 Å². The number of carbonyl (C=O) groups excluding carboxylic acids is 1. The molecule has 0 bridgehead atoms. The Morgan fingerprint density at radius 3 is 2.68 bits per heavy atom. The van der Waals surface area contributed by atoms with Crippen LogP contribution < -0.4 is 10.1 Å². The van der Waals surface area contributed by atoms with Crippen molar-refractivity contribution in [2.75, 3.05) is 17.3 Å². The zero-order valence-electron chi connectivity index (χ0n) is 11.2. The van der Waals surface area contributed by atoms with E-state index in [1.165, 1.54) is 0 Å². The van der Waals surface area contributed by atoms with Gasteiger partial charge >= 0.3 is 0 Å². The summed E-state index contributed by atoms with van der Waals surface area (Å²) in [6.07, 6.45) is 1.90. The monoisotopic (exact) mass is 347 g/mol. The summed E-state index contributed by atoms with van der Waals surface area (Å²) in [6, 6.07) is 5.41. The molecule has 0 radical (unpaired) electrons. The second-order valence-corrected chi connectivity index (χ2v) is 6.89. The quantitative estimate of drug-likeness (QED) is 0.860. The Hall–Kier alpha value is -0.880. The molecule has 1 aromatic rings. The van der Waals surface area contributed by atoms with Crippen molar-refractivity contribution < 1.29 is 13.7 Å². The first kappa shape index (κ1) is 16.2. The lowest BCUT2D eigenvalue weighted by Gasteiger charge is -2.12. The van der Waals surface area contributed by atoms with Gasteiger partial charge in [0.1, 0.15) is 5.75 Å². The van der Waals surface area contributed by atoms with Crippen LogP contribution in [0.25, 0.3) is 0 Å². The lowest BCUT2D eigenvalue weighted by Crippen LogP contribution is -2.14.